The van der Waals surface area contributed by atoms with Crippen LogP contribution in [0.4, 0.5) is 0 Å². The monoisotopic (exact) mass is 562 g/mol. The predicted octanol–water partition coefficient (Wildman–Crippen LogP) is 9.91. The molecular weight excluding hydrogens is 536 g/mol. The van der Waals surface area contributed by atoms with Crippen LogP contribution in [0.15, 0.2) is 158 Å². The fourth-order valence-electron chi connectivity index (χ4n) is 5.85. The van der Waals surface area contributed by atoms with Gasteiger partial charge in [-0.2, -0.15) is 0 Å². The van der Waals surface area contributed by atoms with Crippen molar-refractivity contribution in [2.75, 3.05) is 0 Å². The second-order valence-electron chi connectivity index (χ2n) is 10.8. The summed E-state index contributed by atoms with van der Waals surface area (Å²) in [5.74, 6) is 1.91. The van der Waals surface area contributed by atoms with E-state index in [1.165, 1.54) is 0 Å². The molecule has 0 amide bonds. The smallest absolute Gasteiger partial charge is 0.164 e. The molecule has 44 heavy (non-hydrogen) atoms. The van der Waals surface area contributed by atoms with E-state index in [9.17, 15) is 0 Å². The van der Waals surface area contributed by atoms with Gasteiger partial charge in [-0.3, -0.25) is 4.98 Å². The summed E-state index contributed by atoms with van der Waals surface area (Å²) in [4.78, 5) is 19.7. The summed E-state index contributed by atoms with van der Waals surface area (Å²) >= 11 is 0. The lowest BCUT2D eigenvalue weighted by Crippen LogP contribution is -2.01. The number of benzene rings is 6. The molecule has 0 aliphatic rings. The molecule has 6 aromatic carbocycles. The lowest BCUT2D eigenvalue weighted by atomic mass is 9.96. The zero-order valence-electron chi connectivity index (χ0n) is 23.8. The molecular formula is C40H26N4. The Kier molecular flexibility index (Phi) is 6.43. The molecule has 0 saturated heterocycles. The lowest BCUT2D eigenvalue weighted by molar-refractivity contribution is 1.08. The highest BCUT2D eigenvalue weighted by Crippen LogP contribution is 2.35. The normalized spacial score (nSPS) is 11.2. The van der Waals surface area contributed by atoms with Crippen LogP contribution in [0, 0.1) is 0 Å². The van der Waals surface area contributed by atoms with E-state index in [0.29, 0.717) is 17.5 Å². The maximum Gasteiger partial charge on any atom is 0.164 e. The van der Waals surface area contributed by atoms with Crippen LogP contribution >= 0.6 is 0 Å². The summed E-state index contributed by atoms with van der Waals surface area (Å²) in [5, 5.41) is 4.49. The zero-order valence-corrected chi connectivity index (χ0v) is 23.8. The van der Waals surface area contributed by atoms with Crippen LogP contribution in [-0.2, 0) is 0 Å². The Morgan fingerprint density at radius 1 is 0.318 bits per heavy atom. The molecule has 0 aliphatic heterocycles. The van der Waals surface area contributed by atoms with E-state index in [2.05, 4.69) is 132 Å². The minimum Gasteiger partial charge on any atom is -0.265 e. The topological polar surface area (TPSA) is 51.6 Å². The van der Waals surface area contributed by atoms with Crippen LogP contribution in [0.5, 0.6) is 0 Å². The van der Waals surface area contributed by atoms with Gasteiger partial charge in [0.05, 0.1) is 0 Å². The average Bonchev–Trinajstić information content (AvgIpc) is 3.11. The Hall–Kier alpha value is -6.00. The van der Waals surface area contributed by atoms with Gasteiger partial charge < -0.3 is 0 Å². The first kappa shape index (κ1) is 25.7. The van der Waals surface area contributed by atoms with E-state index < -0.39 is 0 Å². The van der Waals surface area contributed by atoms with Crippen LogP contribution in [0.3, 0.4) is 0 Å². The van der Waals surface area contributed by atoms with Crippen molar-refractivity contribution in [1.29, 1.82) is 0 Å². The first-order valence-corrected chi connectivity index (χ1v) is 14.6. The van der Waals surface area contributed by atoms with Crippen molar-refractivity contribution in [3.8, 4) is 56.4 Å². The average molecular weight is 563 g/mol. The van der Waals surface area contributed by atoms with Crippen molar-refractivity contribution in [3.63, 3.8) is 0 Å². The molecule has 0 bridgehead atoms. The third kappa shape index (κ3) is 4.79. The number of pyridine rings is 1. The molecule has 0 N–H and O–H groups in total. The fraction of sp³-hybridized carbons (Fsp3) is 0. The van der Waals surface area contributed by atoms with Gasteiger partial charge in [0, 0.05) is 29.1 Å². The Morgan fingerprint density at radius 2 is 0.773 bits per heavy atom. The molecule has 0 radical (unpaired) electrons. The summed E-state index contributed by atoms with van der Waals surface area (Å²) in [6.07, 6.45) is 3.65. The Morgan fingerprint density at radius 3 is 1.36 bits per heavy atom. The van der Waals surface area contributed by atoms with Crippen molar-refractivity contribution in [2.45, 2.75) is 0 Å². The van der Waals surface area contributed by atoms with E-state index in [1.54, 1.807) is 0 Å². The number of nitrogens with zero attached hydrogens (tertiary/aromatic N) is 4. The van der Waals surface area contributed by atoms with Crippen LogP contribution < -0.4 is 0 Å². The fourth-order valence-corrected chi connectivity index (χ4v) is 5.85. The van der Waals surface area contributed by atoms with Crippen LogP contribution in [-0.4, -0.2) is 19.9 Å². The Balaban J connectivity index is 1.41. The SMILES string of the molecule is c1ccc(-c2cc(-c3ccncc3)cc(-c3nc(-c4cccc5ccccc45)nc(-c4cccc5ccccc45)n3)c2)cc1. The van der Waals surface area contributed by atoms with Gasteiger partial charge in [-0.05, 0) is 74.1 Å². The number of aromatic nitrogens is 4. The summed E-state index contributed by atoms with van der Waals surface area (Å²) in [6.45, 7) is 0. The van der Waals surface area contributed by atoms with Crippen LogP contribution in [0.25, 0.3) is 78.0 Å². The van der Waals surface area contributed by atoms with E-state index in [1.807, 2.05) is 30.6 Å². The van der Waals surface area contributed by atoms with Gasteiger partial charge in [0.25, 0.3) is 0 Å². The quantitative estimate of drug-likeness (QED) is 0.209. The van der Waals surface area contributed by atoms with Crippen molar-refractivity contribution < 1.29 is 0 Å². The van der Waals surface area contributed by atoms with E-state index >= 15 is 0 Å². The lowest BCUT2D eigenvalue weighted by Gasteiger charge is -2.13. The second kappa shape index (κ2) is 11.0. The first-order valence-electron chi connectivity index (χ1n) is 14.6. The molecule has 2 heterocycles. The number of rotatable bonds is 5. The molecule has 4 nitrogen and oxygen atoms in total. The van der Waals surface area contributed by atoms with Gasteiger partial charge in [0.15, 0.2) is 17.5 Å². The van der Waals surface area contributed by atoms with Crippen LogP contribution in [0.1, 0.15) is 0 Å². The minimum absolute atomic E-state index is 0.624. The largest absolute Gasteiger partial charge is 0.265 e. The van der Waals surface area contributed by atoms with E-state index in [4.69, 9.17) is 15.0 Å². The van der Waals surface area contributed by atoms with Crippen molar-refractivity contribution in [3.05, 3.63) is 158 Å². The Labute approximate surface area is 255 Å². The third-order valence-electron chi connectivity index (χ3n) is 8.01. The molecule has 0 aliphatic carbocycles. The molecule has 2 aromatic heterocycles. The molecule has 4 heteroatoms. The standard InChI is InChI=1S/C40H26N4/c1-2-10-27(11-3-1)31-24-32(28-20-22-41-23-21-28)26-33(25-31)38-42-39(36-18-8-14-29-12-4-6-16-34(29)36)44-40(43-38)37-19-9-15-30-13-5-7-17-35(30)37/h1-26H. The van der Waals surface area contributed by atoms with E-state index in [-0.39, 0.29) is 0 Å². The van der Waals surface area contributed by atoms with Gasteiger partial charge in [-0.1, -0.05) is 115 Å². The summed E-state index contributed by atoms with van der Waals surface area (Å²) < 4.78 is 0. The molecule has 206 valence electrons. The molecule has 0 saturated carbocycles. The highest BCUT2D eigenvalue weighted by atomic mass is 15.0. The van der Waals surface area contributed by atoms with Gasteiger partial charge in [0.2, 0.25) is 0 Å². The maximum atomic E-state index is 5.16. The van der Waals surface area contributed by atoms with Crippen molar-refractivity contribution in [1.82, 2.24) is 19.9 Å². The molecule has 8 rings (SSSR count). The van der Waals surface area contributed by atoms with Crippen molar-refractivity contribution >= 4 is 21.5 Å². The van der Waals surface area contributed by atoms with Crippen LogP contribution in [0.2, 0.25) is 0 Å². The maximum absolute atomic E-state index is 5.16. The first-order chi connectivity index (χ1) is 21.8. The summed E-state index contributed by atoms with van der Waals surface area (Å²) in [7, 11) is 0. The van der Waals surface area contributed by atoms with Gasteiger partial charge in [0.1, 0.15) is 0 Å². The number of fused-ring (bicyclic) bond motifs is 2. The highest BCUT2D eigenvalue weighted by Gasteiger charge is 2.17. The summed E-state index contributed by atoms with van der Waals surface area (Å²) in [6, 6.07) is 50.3. The van der Waals surface area contributed by atoms with Crippen molar-refractivity contribution in [2.24, 2.45) is 0 Å². The Bertz CT molecular complexity index is 2110. The predicted molar refractivity (Wildman–Crippen MR) is 180 cm³/mol. The third-order valence-corrected chi connectivity index (χ3v) is 8.01. The zero-order chi connectivity index (χ0) is 29.3. The second-order valence-corrected chi connectivity index (χ2v) is 10.8. The minimum atomic E-state index is 0.624. The summed E-state index contributed by atoms with van der Waals surface area (Å²) in [5.41, 5.74) is 7.24. The molecule has 0 spiro atoms. The molecule has 0 unspecified atom stereocenters. The number of hydrogen-bond acceptors (Lipinski definition) is 4. The van der Waals surface area contributed by atoms with Gasteiger partial charge in [-0.25, -0.2) is 15.0 Å². The van der Waals surface area contributed by atoms with Gasteiger partial charge in [-0.15, -0.1) is 0 Å². The van der Waals surface area contributed by atoms with Gasteiger partial charge >= 0.3 is 0 Å². The highest BCUT2D eigenvalue weighted by molar-refractivity contribution is 5.97. The molecule has 0 fully saturated rings. The number of hydrogen-bond donors (Lipinski definition) is 0. The van der Waals surface area contributed by atoms with E-state index in [0.717, 1.165) is 60.5 Å². The molecule has 8 aromatic rings. The molecule has 0 atom stereocenters.